The molecule has 0 fully saturated rings. The number of benzene rings is 23. The molecular weight excluding hydrogens is 1740 g/mol. The van der Waals surface area contributed by atoms with Crippen molar-refractivity contribution in [3.8, 4) is 112 Å². The molecular formula is C139H97BN4. The highest BCUT2D eigenvalue weighted by Crippen LogP contribution is 2.65. The lowest BCUT2D eigenvalue weighted by Crippen LogP contribution is -2.61. The molecule has 2 aliphatic heterocycles. The standard InChI is InChI=1S/C139H97BN4/c1-137(2,3)100-80-113(88-37-15-9-16-38-88)135(115(82-100)97-59-66-106-95(73-97)57-55-90-41-19-21-43-104(90)106)143-130-84-102(141-126-53-31-26-48-111(126)118-76-92(62-71-128(118)141)86-33-11-7-12-34-86)64-69-124(130)140-125-70-65-103(142-127-54-32-27-49-112(127)119-77-93(63-72-129(119)142)87-35-13-8-14-36-87)85-131(125)144(136-114(89-39-17-10-18-40-89)81-101(138(4,5)6)83-116(136)98-60-67-107-96(74-98)58-56-91-42-20-22-44-105(91)107)133-79-99(78-132(143)134(133)140)94-61-68-123-117(75-94)110-47-25-30-52-122(110)139(123)120-50-28-23-45-108(120)109-46-24-29-51-121(109)139/h7-85H,1-6H3/i26D,27D,31D,32D,48D,49D,53D,54D,62D,63D,71D,72D,76D,77D. The maximum Gasteiger partial charge on any atom is 0.252 e. The molecule has 29 rings (SSSR count). The van der Waals surface area contributed by atoms with E-state index in [1.165, 1.54) is 22.3 Å². The summed E-state index contributed by atoms with van der Waals surface area (Å²) in [5.41, 5.74) is 26.6. The number of para-hydroxylation sites is 2. The molecule has 0 saturated carbocycles. The van der Waals surface area contributed by atoms with Gasteiger partial charge in [-0.15, -0.1) is 0 Å². The van der Waals surface area contributed by atoms with Crippen LogP contribution in [-0.2, 0) is 16.2 Å². The second-order valence-corrected chi connectivity index (χ2v) is 41.0. The molecule has 0 atom stereocenters. The number of aromatic nitrogens is 2. The molecule has 0 N–H and O–H groups in total. The third-order valence-corrected chi connectivity index (χ3v) is 31.0. The van der Waals surface area contributed by atoms with Gasteiger partial charge in [0.25, 0.3) is 6.71 Å². The minimum absolute atomic E-state index is 0.00360. The number of rotatable bonds is 11. The fourth-order valence-electron chi connectivity index (χ4n) is 24.3. The van der Waals surface area contributed by atoms with Crippen molar-refractivity contribution in [1.82, 2.24) is 9.13 Å². The van der Waals surface area contributed by atoms with Gasteiger partial charge in [-0.1, -0.05) is 405 Å². The van der Waals surface area contributed by atoms with E-state index in [2.05, 4.69) is 361 Å². The molecule has 0 bridgehead atoms. The van der Waals surface area contributed by atoms with Gasteiger partial charge in [-0.05, 0) is 297 Å². The summed E-state index contributed by atoms with van der Waals surface area (Å²) in [4.78, 5) is 4.91. The number of fused-ring (bicyclic) bond motifs is 26. The smallest absolute Gasteiger partial charge is 0.252 e. The minimum Gasteiger partial charge on any atom is -0.310 e. The maximum absolute atomic E-state index is 10.7. The molecule has 4 heterocycles. The molecule has 0 saturated heterocycles. The highest BCUT2D eigenvalue weighted by molar-refractivity contribution is 7.00. The van der Waals surface area contributed by atoms with Crippen LogP contribution in [0, 0.1) is 0 Å². The SMILES string of the molecule is [2H]c1c([2H])c([2H])c2c(c1[2H])c1c([2H])c(-c3ccccc3)c([2H])c([2H])c1n2-c1ccc2c(c1)N(c1c(-c3ccccc3)cc(C(C)(C)C)cc1-c1ccc3c(ccc4ccccc43)c1)c1cc(-c3ccc4c(c3)-c3ccccc3C43c4ccccc4-c4ccccc43)cc3c1B2c1ccc(-n2c4c([2H])c([2H])c([2H])c([2H])c4c4c([2H])c(-c5ccccc5)c([2H])c([2H])c42)cc1N3c1c(-c2ccccc2)cc(C(C)(C)C)cc1-c1ccc2c(ccc3ccccc32)c1. The van der Waals surface area contributed by atoms with Gasteiger partial charge in [0.2, 0.25) is 0 Å². The van der Waals surface area contributed by atoms with Crippen LogP contribution in [0.2, 0.25) is 0 Å². The Bertz CT molecular complexity index is 10100. The second-order valence-electron chi connectivity index (χ2n) is 41.0. The first-order valence-electron chi connectivity index (χ1n) is 56.6. The van der Waals surface area contributed by atoms with Crippen molar-refractivity contribution in [1.29, 1.82) is 0 Å². The lowest BCUT2D eigenvalue weighted by Gasteiger charge is -2.46. The predicted octanol–water partition coefficient (Wildman–Crippen LogP) is 35.2. The van der Waals surface area contributed by atoms with E-state index in [1.54, 1.807) is 33.4 Å². The number of hydrogen-bond acceptors (Lipinski definition) is 2. The van der Waals surface area contributed by atoms with Gasteiger partial charge in [-0.2, -0.15) is 0 Å². The van der Waals surface area contributed by atoms with Crippen molar-refractivity contribution in [2.75, 3.05) is 9.80 Å². The van der Waals surface area contributed by atoms with E-state index in [9.17, 15) is 19.2 Å². The number of hydrogen-bond donors (Lipinski definition) is 0. The van der Waals surface area contributed by atoms with Crippen LogP contribution in [0.5, 0.6) is 0 Å². The predicted molar refractivity (Wildman–Crippen MR) is 611 cm³/mol. The quantitative estimate of drug-likeness (QED) is 0.0948. The molecule has 5 heteroatoms. The summed E-state index contributed by atoms with van der Waals surface area (Å²) in [6, 6.07) is 134. The van der Waals surface area contributed by atoms with Gasteiger partial charge in [-0.25, -0.2) is 0 Å². The molecule has 0 amide bonds. The highest BCUT2D eigenvalue weighted by atomic mass is 15.2. The Morgan fingerprint density at radius 3 is 1.03 bits per heavy atom. The summed E-state index contributed by atoms with van der Waals surface area (Å²) in [6.07, 6.45) is 0. The van der Waals surface area contributed by atoms with E-state index in [0.717, 1.165) is 171 Å². The Morgan fingerprint density at radius 2 is 0.590 bits per heavy atom. The second kappa shape index (κ2) is 31.7. The molecule has 2 aromatic heterocycles. The van der Waals surface area contributed by atoms with Crippen LogP contribution in [-0.4, -0.2) is 15.8 Å². The summed E-state index contributed by atoms with van der Waals surface area (Å²) in [7, 11) is 0. The molecule has 1 spiro atoms. The molecule has 4 aliphatic rings. The van der Waals surface area contributed by atoms with Gasteiger partial charge >= 0.3 is 0 Å². The van der Waals surface area contributed by atoms with Crippen molar-refractivity contribution in [2.45, 2.75) is 57.8 Å². The fraction of sp³-hybridized carbons (Fsp3) is 0.0647. The lowest BCUT2D eigenvalue weighted by molar-refractivity contribution is 0.590. The lowest BCUT2D eigenvalue weighted by atomic mass is 9.33. The summed E-state index contributed by atoms with van der Waals surface area (Å²) < 4.78 is 147. The molecule has 4 nitrogen and oxygen atoms in total. The van der Waals surface area contributed by atoms with E-state index < -0.39 is 71.3 Å². The first kappa shape index (κ1) is 70.1. The molecule has 144 heavy (non-hydrogen) atoms. The van der Waals surface area contributed by atoms with Crippen LogP contribution in [0.15, 0.2) is 479 Å². The van der Waals surface area contributed by atoms with Crippen LogP contribution in [0.25, 0.3) is 198 Å². The fourth-order valence-corrected chi connectivity index (χ4v) is 24.3. The van der Waals surface area contributed by atoms with Gasteiger partial charge < -0.3 is 18.9 Å². The van der Waals surface area contributed by atoms with Gasteiger partial charge in [0.05, 0.1) is 58.0 Å². The van der Waals surface area contributed by atoms with Crippen molar-refractivity contribution < 1.29 is 19.2 Å². The average Bonchev–Trinajstić information content (AvgIpc) is 0.934. The number of nitrogens with zero attached hydrogens (tertiary/aromatic N) is 4. The Hall–Kier alpha value is -17.6. The van der Waals surface area contributed by atoms with E-state index in [4.69, 9.17) is 0 Å². The van der Waals surface area contributed by atoms with E-state index in [-0.39, 0.29) is 91.0 Å². The Kier molecular flexibility index (Phi) is 15.4. The third kappa shape index (κ3) is 12.5. The number of anilines is 6. The maximum atomic E-state index is 10.7. The largest absolute Gasteiger partial charge is 0.310 e. The topological polar surface area (TPSA) is 16.3 Å². The molecule has 0 radical (unpaired) electrons. The van der Waals surface area contributed by atoms with E-state index in [0.29, 0.717) is 33.9 Å². The first-order valence-corrected chi connectivity index (χ1v) is 49.6. The summed E-state index contributed by atoms with van der Waals surface area (Å²) >= 11 is 0. The van der Waals surface area contributed by atoms with Crippen LogP contribution in [0.4, 0.5) is 34.1 Å². The van der Waals surface area contributed by atoms with Gasteiger partial charge in [-0.3, -0.25) is 0 Å². The van der Waals surface area contributed by atoms with Crippen LogP contribution in [0.3, 0.4) is 0 Å². The third-order valence-electron chi connectivity index (χ3n) is 31.0. The normalized spacial score (nSPS) is 14.6. The summed E-state index contributed by atoms with van der Waals surface area (Å²) in [6.45, 7) is 12.7. The van der Waals surface area contributed by atoms with Crippen molar-refractivity contribution in [2.24, 2.45) is 0 Å². The molecule has 2 aliphatic carbocycles. The van der Waals surface area contributed by atoms with E-state index >= 15 is 0 Å². The Morgan fingerprint density at radius 1 is 0.229 bits per heavy atom. The van der Waals surface area contributed by atoms with Crippen LogP contribution in [0.1, 0.15) is 94.1 Å². The van der Waals surface area contributed by atoms with Crippen LogP contribution < -0.4 is 26.2 Å². The zero-order valence-electron chi connectivity index (χ0n) is 93.9. The Labute approximate surface area is 858 Å². The van der Waals surface area contributed by atoms with E-state index in [1.807, 2.05) is 60.7 Å². The molecule has 0 unspecified atom stereocenters. The molecule has 25 aromatic rings. The van der Waals surface area contributed by atoms with Crippen LogP contribution >= 0.6 is 0 Å². The zero-order chi connectivity index (χ0) is 108. The average molecular weight is 1850 g/mol. The minimum atomic E-state index is -0.868. The molecule has 23 aromatic carbocycles. The molecule has 676 valence electrons. The summed E-state index contributed by atoms with van der Waals surface area (Å²) in [5.74, 6) is 0. The van der Waals surface area contributed by atoms with Crippen molar-refractivity contribution in [3.63, 3.8) is 0 Å². The summed E-state index contributed by atoms with van der Waals surface area (Å²) in [5, 5.41) is 8.71. The van der Waals surface area contributed by atoms with Gasteiger partial charge in [0.15, 0.2) is 0 Å². The highest BCUT2D eigenvalue weighted by Gasteiger charge is 2.53. The van der Waals surface area contributed by atoms with Gasteiger partial charge in [0.1, 0.15) is 0 Å². The van der Waals surface area contributed by atoms with Gasteiger partial charge in [0, 0.05) is 77.9 Å². The Balaban J connectivity index is 0.827. The first-order chi connectivity index (χ1) is 76.5. The van der Waals surface area contributed by atoms with Crippen molar-refractivity contribution in [3.05, 3.63) is 512 Å². The van der Waals surface area contributed by atoms with Crippen molar-refractivity contribution >= 4 is 144 Å². The zero-order valence-corrected chi connectivity index (χ0v) is 79.9. The monoisotopic (exact) mass is 1850 g/mol.